The summed E-state index contributed by atoms with van der Waals surface area (Å²) in [6, 6.07) is 6.16. The van der Waals surface area contributed by atoms with Gasteiger partial charge in [-0.2, -0.15) is 0 Å². The molecular weight excluding hydrogens is 326 g/mol. The molecule has 0 bridgehead atoms. The molecule has 0 unspecified atom stereocenters. The maximum atomic E-state index is 13.6. The first-order chi connectivity index (χ1) is 11.0. The van der Waals surface area contributed by atoms with Gasteiger partial charge in [-0.05, 0) is 42.3 Å². The molecule has 0 aliphatic carbocycles. The zero-order chi connectivity index (χ0) is 16.8. The maximum Gasteiger partial charge on any atom is 0.252 e. The van der Waals surface area contributed by atoms with Crippen LogP contribution in [0, 0.1) is 17.6 Å². The van der Waals surface area contributed by atoms with Gasteiger partial charge in [-0.3, -0.25) is 4.79 Å². The molecule has 0 aliphatic rings. The molecule has 1 atom stereocenters. The first-order valence-corrected chi connectivity index (χ1v) is 7.32. The highest BCUT2D eigenvalue weighted by Gasteiger charge is 2.14. The van der Waals surface area contributed by atoms with Gasteiger partial charge in [-0.25, -0.2) is 13.8 Å². The van der Waals surface area contributed by atoms with Crippen LogP contribution < -0.4 is 5.32 Å². The van der Waals surface area contributed by atoms with Crippen molar-refractivity contribution in [1.29, 1.82) is 0 Å². The van der Waals surface area contributed by atoms with Gasteiger partial charge in [0, 0.05) is 25.3 Å². The number of aliphatic hydroxyl groups is 1. The Bertz CT molecular complexity index is 680. The summed E-state index contributed by atoms with van der Waals surface area (Å²) < 4.78 is 26.8. The van der Waals surface area contributed by atoms with Gasteiger partial charge < -0.3 is 10.4 Å². The average Bonchev–Trinajstić information content (AvgIpc) is 2.55. The molecule has 2 N–H and O–H groups in total. The van der Waals surface area contributed by atoms with Gasteiger partial charge in [0.25, 0.3) is 5.91 Å². The molecule has 0 fully saturated rings. The molecule has 1 heterocycles. The lowest BCUT2D eigenvalue weighted by Gasteiger charge is -2.15. The summed E-state index contributed by atoms with van der Waals surface area (Å²) in [5, 5.41) is 12.3. The Morgan fingerprint density at radius 1 is 1.30 bits per heavy atom. The van der Waals surface area contributed by atoms with Crippen LogP contribution in [0.2, 0.25) is 5.15 Å². The SMILES string of the molecule is O=C(NC[C@@H](CO)Cc1cc(F)ccc1F)c1ccc(Cl)nc1. The summed E-state index contributed by atoms with van der Waals surface area (Å²) in [5.41, 5.74) is 0.481. The zero-order valence-corrected chi connectivity index (χ0v) is 12.9. The van der Waals surface area contributed by atoms with Gasteiger partial charge in [0.05, 0.1) is 5.56 Å². The molecule has 1 aromatic carbocycles. The average molecular weight is 341 g/mol. The Morgan fingerprint density at radius 3 is 2.74 bits per heavy atom. The summed E-state index contributed by atoms with van der Waals surface area (Å²) in [6.07, 6.45) is 1.44. The standard InChI is InChI=1S/C16H15ClF2N2O2/c17-15-4-1-11(8-20-15)16(23)21-7-10(9-22)5-12-6-13(18)2-3-14(12)19/h1-4,6,8,10,22H,5,7,9H2,(H,21,23)/t10-/m0/s1. The van der Waals surface area contributed by atoms with E-state index in [9.17, 15) is 18.7 Å². The van der Waals surface area contributed by atoms with E-state index in [1.807, 2.05) is 0 Å². The summed E-state index contributed by atoms with van der Waals surface area (Å²) >= 11 is 5.64. The van der Waals surface area contributed by atoms with Crippen molar-refractivity contribution < 1.29 is 18.7 Å². The van der Waals surface area contributed by atoms with Crippen LogP contribution in [0.15, 0.2) is 36.5 Å². The molecule has 122 valence electrons. The highest BCUT2D eigenvalue weighted by atomic mass is 35.5. The van der Waals surface area contributed by atoms with Gasteiger partial charge >= 0.3 is 0 Å². The van der Waals surface area contributed by atoms with E-state index in [-0.39, 0.29) is 36.2 Å². The zero-order valence-electron chi connectivity index (χ0n) is 12.1. The fourth-order valence-corrected chi connectivity index (χ4v) is 2.17. The van der Waals surface area contributed by atoms with Gasteiger partial charge in [-0.15, -0.1) is 0 Å². The molecule has 23 heavy (non-hydrogen) atoms. The Labute approximate surface area is 137 Å². The normalized spacial score (nSPS) is 12.0. The van der Waals surface area contributed by atoms with E-state index in [1.54, 1.807) is 0 Å². The van der Waals surface area contributed by atoms with Crippen LogP contribution >= 0.6 is 11.6 Å². The van der Waals surface area contributed by atoms with Crippen molar-refractivity contribution in [3.8, 4) is 0 Å². The van der Waals surface area contributed by atoms with Crippen LogP contribution in [0.3, 0.4) is 0 Å². The van der Waals surface area contributed by atoms with Crippen molar-refractivity contribution in [2.45, 2.75) is 6.42 Å². The molecule has 0 spiro atoms. The topological polar surface area (TPSA) is 62.2 Å². The Morgan fingerprint density at radius 2 is 2.09 bits per heavy atom. The third-order valence-corrected chi connectivity index (χ3v) is 3.54. The van der Waals surface area contributed by atoms with Crippen LogP contribution in [-0.4, -0.2) is 29.1 Å². The number of carbonyl (C=O) groups excluding carboxylic acids is 1. The molecule has 0 saturated heterocycles. The lowest BCUT2D eigenvalue weighted by atomic mass is 9.99. The predicted molar refractivity (Wildman–Crippen MR) is 82.2 cm³/mol. The second-order valence-corrected chi connectivity index (χ2v) is 5.46. The number of hydrogen-bond acceptors (Lipinski definition) is 3. The van der Waals surface area contributed by atoms with E-state index in [2.05, 4.69) is 10.3 Å². The minimum absolute atomic E-state index is 0.110. The van der Waals surface area contributed by atoms with E-state index >= 15 is 0 Å². The predicted octanol–water partition coefficient (Wildman–Crippen LogP) is 2.59. The number of nitrogens with zero attached hydrogens (tertiary/aromatic N) is 1. The van der Waals surface area contributed by atoms with Crippen molar-refractivity contribution in [3.05, 3.63) is 64.4 Å². The Balaban J connectivity index is 1.95. The smallest absolute Gasteiger partial charge is 0.252 e. The summed E-state index contributed by atoms with van der Waals surface area (Å²) in [6.45, 7) is -0.150. The van der Waals surface area contributed by atoms with Crippen molar-refractivity contribution in [3.63, 3.8) is 0 Å². The lowest BCUT2D eigenvalue weighted by Crippen LogP contribution is -2.32. The Kier molecular flexibility index (Phi) is 6.01. The largest absolute Gasteiger partial charge is 0.396 e. The molecule has 1 aromatic heterocycles. The number of halogens is 3. The molecule has 0 aliphatic heterocycles. The van der Waals surface area contributed by atoms with E-state index in [1.165, 1.54) is 18.3 Å². The number of carbonyl (C=O) groups is 1. The number of benzene rings is 1. The molecular formula is C16H15ClF2N2O2. The van der Waals surface area contributed by atoms with Crippen LogP contribution in [0.4, 0.5) is 8.78 Å². The minimum atomic E-state index is -0.547. The first kappa shape index (κ1) is 17.3. The van der Waals surface area contributed by atoms with E-state index < -0.39 is 17.6 Å². The summed E-state index contributed by atoms with van der Waals surface area (Å²) in [5.74, 6) is -1.91. The molecule has 1 amide bonds. The number of amides is 1. The maximum absolute atomic E-state index is 13.6. The van der Waals surface area contributed by atoms with E-state index in [0.29, 0.717) is 5.56 Å². The molecule has 2 rings (SSSR count). The van der Waals surface area contributed by atoms with Crippen LogP contribution in [0.1, 0.15) is 15.9 Å². The second-order valence-electron chi connectivity index (χ2n) is 5.07. The minimum Gasteiger partial charge on any atom is -0.396 e. The molecule has 0 radical (unpaired) electrons. The van der Waals surface area contributed by atoms with Crippen molar-refractivity contribution in [2.75, 3.05) is 13.2 Å². The Hall–Kier alpha value is -2.05. The van der Waals surface area contributed by atoms with E-state index in [0.717, 1.165) is 18.2 Å². The third kappa shape index (κ3) is 4.97. The number of nitrogens with one attached hydrogen (secondary N) is 1. The van der Waals surface area contributed by atoms with Crippen LogP contribution in [-0.2, 0) is 6.42 Å². The highest BCUT2D eigenvalue weighted by Crippen LogP contribution is 2.14. The number of aromatic nitrogens is 1. The van der Waals surface area contributed by atoms with Crippen LogP contribution in [0.25, 0.3) is 0 Å². The van der Waals surface area contributed by atoms with E-state index in [4.69, 9.17) is 11.6 Å². The van der Waals surface area contributed by atoms with Crippen molar-refractivity contribution in [2.24, 2.45) is 5.92 Å². The first-order valence-electron chi connectivity index (χ1n) is 6.94. The number of pyridine rings is 1. The van der Waals surface area contributed by atoms with Gasteiger partial charge in [0.15, 0.2) is 0 Å². The fraction of sp³-hybridized carbons (Fsp3) is 0.250. The summed E-state index contributed by atoms with van der Waals surface area (Å²) in [7, 11) is 0. The van der Waals surface area contributed by atoms with Crippen molar-refractivity contribution >= 4 is 17.5 Å². The summed E-state index contributed by atoms with van der Waals surface area (Å²) in [4.78, 5) is 15.7. The fourth-order valence-electron chi connectivity index (χ4n) is 2.06. The van der Waals surface area contributed by atoms with Gasteiger partial charge in [0.1, 0.15) is 16.8 Å². The van der Waals surface area contributed by atoms with Gasteiger partial charge in [-0.1, -0.05) is 11.6 Å². The number of rotatable bonds is 6. The van der Waals surface area contributed by atoms with Gasteiger partial charge in [0.2, 0.25) is 0 Å². The van der Waals surface area contributed by atoms with Crippen molar-refractivity contribution in [1.82, 2.24) is 10.3 Å². The lowest BCUT2D eigenvalue weighted by molar-refractivity contribution is 0.0939. The molecule has 7 heteroatoms. The third-order valence-electron chi connectivity index (χ3n) is 3.32. The monoisotopic (exact) mass is 340 g/mol. The number of hydrogen-bond donors (Lipinski definition) is 2. The quantitative estimate of drug-likeness (QED) is 0.795. The number of aliphatic hydroxyl groups excluding tert-OH is 1. The molecule has 4 nitrogen and oxygen atoms in total. The molecule has 0 saturated carbocycles. The van der Waals surface area contributed by atoms with Crippen LogP contribution in [0.5, 0.6) is 0 Å². The molecule has 2 aromatic rings. The highest BCUT2D eigenvalue weighted by molar-refractivity contribution is 6.29. The second kappa shape index (κ2) is 7.99.